The van der Waals surface area contributed by atoms with Crippen molar-refractivity contribution in [3.05, 3.63) is 0 Å². The van der Waals surface area contributed by atoms with E-state index in [-0.39, 0.29) is 6.04 Å². The molecule has 3 heterocycles. The molecule has 0 aromatic rings. The van der Waals surface area contributed by atoms with E-state index in [2.05, 4.69) is 5.32 Å². The fourth-order valence-electron chi connectivity index (χ4n) is 2.77. The van der Waals surface area contributed by atoms with Crippen molar-refractivity contribution in [3.63, 3.8) is 0 Å². The van der Waals surface area contributed by atoms with Gasteiger partial charge in [-0.2, -0.15) is 0 Å². The monoisotopic (exact) mass is 196 g/mol. The molecule has 3 saturated heterocycles. The van der Waals surface area contributed by atoms with Crippen LogP contribution in [-0.2, 0) is 9.53 Å². The summed E-state index contributed by atoms with van der Waals surface area (Å²) < 4.78 is 5.48. The third-order valence-corrected chi connectivity index (χ3v) is 3.54. The summed E-state index contributed by atoms with van der Waals surface area (Å²) in [5, 5.41) is 3.26. The largest absolute Gasteiger partial charge is 0.374 e. The molecule has 0 aliphatic carbocycles. The Morgan fingerprint density at radius 3 is 3.00 bits per heavy atom. The molecule has 1 N–H and O–H groups in total. The highest BCUT2D eigenvalue weighted by Crippen LogP contribution is 2.28. The number of hydrogen-bond donors (Lipinski definition) is 1. The predicted octanol–water partition coefficient (Wildman–Crippen LogP) is -0.262. The average Bonchev–Trinajstić information content (AvgIpc) is 2.93. The lowest BCUT2D eigenvalue weighted by Gasteiger charge is -2.29. The number of hydrogen-bond acceptors (Lipinski definition) is 3. The fourth-order valence-corrected chi connectivity index (χ4v) is 2.77. The van der Waals surface area contributed by atoms with Crippen molar-refractivity contribution in [3.8, 4) is 0 Å². The third kappa shape index (κ3) is 1.25. The van der Waals surface area contributed by atoms with Gasteiger partial charge in [-0.05, 0) is 25.8 Å². The molecule has 78 valence electrons. The second-order valence-electron chi connectivity index (χ2n) is 4.48. The zero-order valence-electron chi connectivity index (χ0n) is 8.24. The molecule has 3 atom stereocenters. The van der Waals surface area contributed by atoms with Crippen LogP contribution in [0.4, 0.5) is 0 Å². The van der Waals surface area contributed by atoms with Gasteiger partial charge in [-0.3, -0.25) is 4.79 Å². The second-order valence-corrected chi connectivity index (χ2v) is 4.48. The molecule has 14 heavy (non-hydrogen) atoms. The van der Waals surface area contributed by atoms with Gasteiger partial charge < -0.3 is 15.0 Å². The van der Waals surface area contributed by atoms with Crippen LogP contribution in [0.15, 0.2) is 0 Å². The molecular formula is C10H16N2O2. The Labute approximate surface area is 83.6 Å². The summed E-state index contributed by atoms with van der Waals surface area (Å²) in [6, 6.07) is 0.462. The number of carbonyl (C=O) groups is 1. The molecule has 0 radical (unpaired) electrons. The summed E-state index contributed by atoms with van der Waals surface area (Å²) in [6.45, 7) is 2.57. The minimum Gasteiger partial charge on any atom is -0.374 e. The van der Waals surface area contributed by atoms with Crippen LogP contribution in [0.2, 0.25) is 0 Å². The van der Waals surface area contributed by atoms with E-state index in [9.17, 15) is 4.79 Å². The Kier molecular flexibility index (Phi) is 1.99. The van der Waals surface area contributed by atoms with E-state index in [1.165, 1.54) is 0 Å². The minimum absolute atomic E-state index is 0.0920. The maximum absolute atomic E-state index is 12.0. The van der Waals surface area contributed by atoms with Crippen LogP contribution >= 0.6 is 0 Å². The molecule has 4 heteroatoms. The van der Waals surface area contributed by atoms with Gasteiger partial charge in [0.05, 0.1) is 24.8 Å². The first kappa shape index (κ1) is 8.68. The molecule has 0 aromatic heterocycles. The molecule has 1 amide bonds. The Hall–Kier alpha value is -0.610. The van der Waals surface area contributed by atoms with Gasteiger partial charge in [0.25, 0.3) is 0 Å². The molecule has 0 saturated carbocycles. The third-order valence-electron chi connectivity index (χ3n) is 3.54. The minimum atomic E-state index is 0.0920. The van der Waals surface area contributed by atoms with Crippen LogP contribution in [0.1, 0.15) is 19.3 Å². The molecule has 3 aliphatic heterocycles. The molecule has 4 nitrogen and oxygen atoms in total. The number of fused-ring (bicyclic) bond motifs is 2. The van der Waals surface area contributed by atoms with Crippen molar-refractivity contribution in [2.45, 2.75) is 37.5 Å². The molecule has 0 spiro atoms. The molecule has 3 fully saturated rings. The number of ether oxygens (including phenoxy) is 1. The summed E-state index contributed by atoms with van der Waals surface area (Å²) in [5.41, 5.74) is 0. The molecule has 3 aliphatic rings. The maximum Gasteiger partial charge on any atom is 0.240 e. The van der Waals surface area contributed by atoms with Crippen molar-refractivity contribution in [2.75, 3.05) is 19.7 Å². The Bertz CT molecular complexity index is 251. The normalized spacial score (nSPS) is 40.9. The fraction of sp³-hybridized carbons (Fsp3) is 0.900. The molecule has 3 rings (SSSR count). The van der Waals surface area contributed by atoms with E-state index in [0.29, 0.717) is 18.1 Å². The van der Waals surface area contributed by atoms with Gasteiger partial charge in [0.15, 0.2) is 0 Å². The Balaban J connectivity index is 1.67. The smallest absolute Gasteiger partial charge is 0.240 e. The highest BCUT2D eigenvalue weighted by molar-refractivity contribution is 5.83. The Morgan fingerprint density at radius 2 is 2.43 bits per heavy atom. The summed E-state index contributed by atoms with van der Waals surface area (Å²) >= 11 is 0. The number of amides is 1. The van der Waals surface area contributed by atoms with E-state index in [4.69, 9.17) is 4.74 Å². The number of nitrogens with one attached hydrogen (secondary N) is 1. The van der Waals surface area contributed by atoms with Crippen molar-refractivity contribution < 1.29 is 9.53 Å². The number of carbonyl (C=O) groups excluding carboxylic acids is 1. The Morgan fingerprint density at radius 1 is 1.50 bits per heavy atom. The lowest BCUT2D eigenvalue weighted by Crippen LogP contribution is -2.49. The summed E-state index contributed by atoms with van der Waals surface area (Å²) in [4.78, 5) is 14.1. The highest BCUT2D eigenvalue weighted by atomic mass is 16.5. The van der Waals surface area contributed by atoms with Crippen LogP contribution in [0.25, 0.3) is 0 Å². The van der Waals surface area contributed by atoms with Crippen molar-refractivity contribution in [2.24, 2.45) is 0 Å². The second kappa shape index (κ2) is 3.21. The highest BCUT2D eigenvalue weighted by Gasteiger charge is 2.43. The lowest BCUT2D eigenvalue weighted by atomic mass is 10.2. The molecule has 0 aromatic carbocycles. The standard InChI is InChI=1S/C10H16N2O2/c13-10(9-2-1-3-11-9)12-5-8-4-7(12)6-14-8/h7-9,11H,1-6H2. The molecular weight excluding hydrogens is 180 g/mol. The molecule has 2 bridgehead atoms. The van der Waals surface area contributed by atoms with Crippen molar-refractivity contribution in [1.82, 2.24) is 10.2 Å². The lowest BCUT2D eigenvalue weighted by molar-refractivity contribution is -0.137. The zero-order valence-corrected chi connectivity index (χ0v) is 8.24. The van der Waals surface area contributed by atoms with E-state index < -0.39 is 0 Å². The maximum atomic E-state index is 12.0. The SMILES string of the molecule is O=C(C1CCCN1)N1CC2CC1CO2. The van der Waals surface area contributed by atoms with Gasteiger partial charge in [-0.1, -0.05) is 0 Å². The summed E-state index contributed by atoms with van der Waals surface area (Å²) in [5.74, 6) is 0.304. The number of morpholine rings is 1. The van der Waals surface area contributed by atoms with Crippen LogP contribution in [0.5, 0.6) is 0 Å². The first-order valence-corrected chi connectivity index (χ1v) is 5.50. The number of nitrogens with zero attached hydrogens (tertiary/aromatic N) is 1. The van der Waals surface area contributed by atoms with Gasteiger partial charge in [0.1, 0.15) is 0 Å². The van der Waals surface area contributed by atoms with Gasteiger partial charge in [0.2, 0.25) is 5.91 Å². The van der Waals surface area contributed by atoms with Crippen LogP contribution in [-0.4, -0.2) is 48.7 Å². The number of likely N-dealkylation sites (tertiary alicyclic amines) is 1. The van der Waals surface area contributed by atoms with Crippen molar-refractivity contribution >= 4 is 5.91 Å². The van der Waals surface area contributed by atoms with E-state index in [1.54, 1.807) is 0 Å². The van der Waals surface area contributed by atoms with Gasteiger partial charge in [-0.25, -0.2) is 0 Å². The predicted molar refractivity (Wildman–Crippen MR) is 50.9 cm³/mol. The van der Waals surface area contributed by atoms with E-state index >= 15 is 0 Å². The van der Waals surface area contributed by atoms with Crippen LogP contribution in [0.3, 0.4) is 0 Å². The number of rotatable bonds is 1. The first-order valence-electron chi connectivity index (χ1n) is 5.50. The van der Waals surface area contributed by atoms with Crippen LogP contribution < -0.4 is 5.32 Å². The molecule has 3 unspecified atom stereocenters. The topological polar surface area (TPSA) is 41.6 Å². The van der Waals surface area contributed by atoms with Gasteiger partial charge >= 0.3 is 0 Å². The van der Waals surface area contributed by atoms with Crippen molar-refractivity contribution in [1.29, 1.82) is 0 Å². The van der Waals surface area contributed by atoms with Crippen LogP contribution in [0, 0.1) is 0 Å². The first-order chi connectivity index (χ1) is 6.84. The zero-order chi connectivity index (χ0) is 9.54. The van der Waals surface area contributed by atoms with Gasteiger partial charge in [0, 0.05) is 6.54 Å². The average molecular weight is 196 g/mol. The van der Waals surface area contributed by atoms with E-state index in [0.717, 1.165) is 39.0 Å². The van der Waals surface area contributed by atoms with Gasteiger partial charge in [-0.15, -0.1) is 0 Å². The summed E-state index contributed by atoms with van der Waals surface area (Å²) in [7, 11) is 0. The quantitative estimate of drug-likeness (QED) is 0.628. The summed E-state index contributed by atoms with van der Waals surface area (Å²) in [6.07, 6.45) is 3.52. The van der Waals surface area contributed by atoms with E-state index in [1.807, 2.05) is 4.90 Å².